The number of benzene rings is 2. The van der Waals surface area contributed by atoms with Crippen molar-refractivity contribution in [3.8, 4) is 17.2 Å². The summed E-state index contributed by atoms with van der Waals surface area (Å²) in [5, 5.41) is 0. The number of fused-ring (bicyclic) bond motifs is 1. The molecule has 266 valence electrons. The van der Waals surface area contributed by atoms with Gasteiger partial charge in [-0.05, 0) is 108 Å². The molecule has 0 radical (unpaired) electrons. The standard InChI is InChI=1S/C37H47FN8O4/c1-37(2,3)50-36(48)44-21-27(22-44)43-19-14-25(15-20-43)13-17-42-18-16-31(30(38)23-42)46-34-32(33(39)40-24-41-34)45(35(46)47)26-9-11-29(12-10-26)49-28-7-5-4-6-8-28/h4-12,24-25,27,30-31H,13-23H2,1-3H3,(H2,39,40,41)/t30-,31-/m0/s1. The molecule has 50 heavy (non-hydrogen) atoms. The molecule has 3 fully saturated rings. The Labute approximate surface area is 291 Å². The molecular formula is C37H47FN8O4. The predicted molar refractivity (Wildman–Crippen MR) is 190 cm³/mol. The van der Waals surface area contributed by atoms with Crippen LogP contribution in [-0.2, 0) is 4.74 Å². The summed E-state index contributed by atoms with van der Waals surface area (Å²) in [6, 6.07) is 16.3. The van der Waals surface area contributed by atoms with E-state index in [1.807, 2.05) is 51.1 Å². The normalized spacial score (nSPS) is 21.3. The highest BCUT2D eigenvalue weighted by atomic mass is 19.1. The second kappa shape index (κ2) is 14.0. The number of rotatable bonds is 8. The van der Waals surface area contributed by atoms with Crippen molar-refractivity contribution in [1.82, 2.24) is 33.8 Å². The van der Waals surface area contributed by atoms with Crippen molar-refractivity contribution in [3.63, 3.8) is 0 Å². The zero-order valence-electron chi connectivity index (χ0n) is 29.1. The number of ether oxygens (including phenoxy) is 2. The lowest BCUT2D eigenvalue weighted by Crippen LogP contribution is -2.62. The average molecular weight is 687 g/mol. The molecule has 2 atom stereocenters. The minimum atomic E-state index is -1.24. The van der Waals surface area contributed by atoms with Crippen LogP contribution in [0.3, 0.4) is 0 Å². The molecule has 3 aliphatic heterocycles. The predicted octanol–water partition coefficient (Wildman–Crippen LogP) is 5.26. The van der Waals surface area contributed by atoms with Crippen LogP contribution < -0.4 is 16.2 Å². The summed E-state index contributed by atoms with van der Waals surface area (Å²) < 4.78 is 30.4. The maximum absolute atomic E-state index is 16.0. The largest absolute Gasteiger partial charge is 0.457 e. The van der Waals surface area contributed by atoms with Gasteiger partial charge in [0, 0.05) is 32.2 Å². The minimum Gasteiger partial charge on any atom is -0.457 e. The van der Waals surface area contributed by atoms with E-state index in [4.69, 9.17) is 15.2 Å². The lowest BCUT2D eigenvalue weighted by molar-refractivity contribution is -0.0222. The van der Waals surface area contributed by atoms with Gasteiger partial charge in [-0.1, -0.05) is 18.2 Å². The summed E-state index contributed by atoms with van der Waals surface area (Å²) in [5.41, 5.74) is 6.71. The molecule has 1 amide bonds. The third kappa shape index (κ3) is 7.20. The third-order valence-electron chi connectivity index (χ3n) is 10.2. The monoisotopic (exact) mass is 686 g/mol. The van der Waals surface area contributed by atoms with Gasteiger partial charge in [0.2, 0.25) is 0 Å². The fourth-order valence-electron chi connectivity index (χ4n) is 7.48. The molecule has 0 saturated carbocycles. The van der Waals surface area contributed by atoms with Crippen LogP contribution in [0, 0.1) is 5.92 Å². The smallest absolute Gasteiger partial charge is 0.410 e. The number of amides is 1. The maximum atomic E-state index is 16.0. The molecule has 3 aliphatic rings. The van der Waals surface area contributed by atoms with Gasteiger partial charge in [-0.2, -0.15) is 0 Å². The number of nitrogens with zero attached hydrogens (tertiary/aromatic N) is 7. The topological polar surface area (TPSA) is 124 Å². The Bertz CT molecular complexity index is 1840. The van der Waals surface area contributed by atoms with E-state index in [1.54, 1.807) is 29.2 Å². The average Bonchev–Trinajstić information content (AvgIpc) is 3.36. The Morgan fingerprint density at radius 3 is 2.32 bits per heavy atom. The van der Waals surface area contributed by atoms with Gasteiger partial charge in [0.15, 0.2) is 11.5 Å². The number of nitrogens with two attached hydrogens (primary N) is 1. The van der Waals surface area contributed by atoms with E-state index in [0.717, 1.165) is 52.0 Å². The highest BCUT2D eigenvalue weighted by molar-refractivity contribution is 5.84. The number of halogens is 1. The summed E-state index contributed by atoms with van der Waals surface area (Å²) in [6.45, 7) is 10.9. The zero-order valence-corrected chi connectivity index (χ0v) is 29.1. The van der Waals surface area contributed by atoms with Crippen LogP contribution in [0.15, 0.2) is 65.7 Å². The summed E-state index contributed by atoms with van der Waals surface area (Å²) in [5.74, 6) is 2.07. The van der Waals surface area contributed by atoms with Crippen LogP contribution in [0.4, 0.5) is 15.0 Å². The first-order chi connectivity index (χ1) is 24.0. The SMILES string of the molecule is CC(C)(C)OC(=O)N1CC(N2CCC(CCN3CC[C@H](n4c(=O)n(-c5ccc(Oc6ccccc6)cc5)c5c(N)ncnc54)[C@@H](F)C3)CC2)C1. The summed E-state index contributed by atoms with van der Waals surface area (Å²) in [6.07, 6.45) is 3.57. The molecule has 4 aromatic rings. The molecule has 0 bridgehead atoms. The molecule has 2 aromatic carbocycles. The number of likely N-dealkylation sites (tertiary alicyclic amines) is 3. The second-order valence-electron chi connectivity index (χ2n) is 14.8. The molecule has 0 spiro atoms. The molecule has 2 N–H and O–H groups in total. The van der Waals surface area contributed by atoms with Gasteiger partial charge in [-0.15, -0.1) is 0 Å². The van der Waals surface area contributed by atoms with E-state index in [2.05, 4.69) is 19.8 Å². The van der Waals surface area contributed by atoms with Crippen molar-refractivity contribution < 1.29 is 18.7 Å². The van der Waals surface area contributed by atoms with Gasteiger partial charge in [0.25, 0.3) is 0 Å². The fraction of sp³-hybridized carbons (Fsp3) is 0.514. The Morgan fingerprint density at radius 2 is 1.64 bits per heavy atom. The van der Waals surface area contributed by atoms with Crippen LogP contribution >= 0.6 is 0 Å². The first kappa shape index (κ1) is 34.0. The van der Waals surface area contributed by atoms with Crippen molar-refractivity contribution in [2.45, 2.75) is 70.3 Å². The van der Waals surface area contributed by atoms with Crippen LogP contribution in [0.25, 0.3) is 16.9 Å². The molecule has 12 nitrogen and oxygen atoms in total. The van der Waals surface area contributed by atoms with Crippen LogP contribution in [0.1, 0.15) is 52.5 Å². The Hall–Kier alpha value is -4.49. The van der Waals surface area contributed by atoms with E-state index in [9.17, 15) is 9.59 Å². The molecule has 7 rings (SSSR count). The number of hydrogen-bond donors (Lipinski definition) is 1. The minimum absolute atomic E-state index is 0.159. The molecule has 0 aliphatic carbocycles. The highest BCUT2D eigenvalue weighted by Crippen LogP contribution is 2.32. The lowest BCUT2D eigenvalue weighted by atomic mass is 9.91. The van der Waals surface area contributed by atoms with Crippen molar-refractivity contribution in [3.05, 3.63) is 71.4 Å². The highest BCUT2D eigenvalue weighted by Gasteiger charge is 2.39. The lowest BCUT2D eigenvalue weighted by Gasteiger charge is -2.47. The van der Waals surface area contributed by atoms with Gasteiger partial charge in [-0.25, -0.2) is 23.9 Å². The molecule has 5 heterocycles. The van der Waals surface area contributed by atoms with E-state index in [-0.39, 0.29) is 18.5 Å². The van der Waals surface area contributed by atoms with Crippen LogP contribution in [0.2, 0.25) is 0 Å². The fourth-order valence-corrected chi connectivity index (χ4v) is 7.48. The van der Waals surface area contributed by atoms with Gasteiger partial charge >= 0.3 is 11.8 Å². The molecule has 2 aromatic heterocycles. The molecule has 0 unspecified atom stereocenters. The van der Waals surface area contributed by atoms with Crippen molar-refractivity contribution in [2.24, 2.45) is 5.92 Å². The van der Waals surface area contributed by atoms with E-state index in [1.165, 1.54) is 15.5 Å². The number of piperidine rings is 2. The quantitative estimate of drug-likeness (QED) is 0.264. The number of aromatic nitrogens is 4. The second-order valence-corrected chi connectivity index (χ2v) is 14.8. The Kier molecular flexibility index (Phi) is 9.53. The Balaban J connectivity index is 0.948. The number of carbonyl (C=O) groups is 1. The number of alkyl halides is 1. The first-order valence-corrected chi connectivity index (χ1v) is 17.7. The zero-order chi connectivity index (χ0) is 35.0. The number of imidazole rings is 1. The molecule has 13 heteroatoms. The van der Waals surface area contributed by atoms with E-state index >= 15 is 4.39 Å². The maximum Gasteiger partial charge on any atom is 0.410 e. The Morgan fingerprint density at radius 1 is 0.940 bits per heavy atom. The summed E-state index contributed by atoms with van der Waals surface area (Å²) in [7, 11) is 0. The van der Waals surface area contributed by atoms with Crippen molar-refractivity contribution in [2.75, 3.05) is 51.5 Å². The van der Waals surface area contributed by atoms with Gasteiger partial charge < -0.3 is 25.0 Å². The van der Waals surface area contributed by atoms with Gasteiger partial charge in [0.05, 0.1) is 11.7 Å². The molecular weight excluding hydrogens is 639 g/mol. The van der Waals surface area contributed by atoms with E-state index in [0.29, 0.717) is 53.3 Å². The van der Waals surface area contributed by atoms with Gasteiger partial charge in [-0.3, -0.25) is 14.0 Å². The first-order valence-electron chi connectivity index (χ1n) is 17.7. The van der Waals surface area contributed by atoms with Crippen molar-refractivity contribution in [1.29, 1.82) is 0 Å². The van der Waals surface area contributed by atoms with Crippen molar-refractivity contribution >= 4 is 23.1 Å². The summed E-state index contributed by atoms with van der Waals surface area (Å²) in [4.78, 5) is 41.4. The molecule has 3 saturated heterocycles. The number of hydrogen-bond acceptors (Lipinski definition) is 9. The number of carbonyl (C=O) groups excluding carboxylic acids is 1. The number of anilines is 1. The third-order valence-corrected chi connectivity index (χ3v) is 10.2. The summed E-state index contributed by atoms with van der Waals surface area (Å²) >= 11 is 0. The van der Waals surface area contributed by atoms with E-state index < -0.39 is 23.5 Å². The van der Waals surface area contributed by atoms with Gasteiger partial charge in [0.1, 0.15) is 35.1 Å². The number of nitrogen functional groups attached to an aromatic ring is 1. The van der Waals surface area contributed by atoms with Crippen LogP contribution in [0.5, 0.6) is 11.5 Å². The number of para-hydroxylation sites is 1. The van der Waals surface area contributed by atoms with Crippen LogP contribution in [-0.4, -0.2) is 104 Å².